The number of benzene rings is 4. The van der Waals surface area contributed by atoms with Crippen molar-refractivity contribution < 1.29 is 0 Å². The molecule has 1 saturated carbocycles. The second-order valence-corrected chi connectivity index (χ2v) is 27.7. The molecule has 412 valence electrons. The molecule has 0 atom stereocenters. The Morgan fingerprint density at radius 1 is 0.297 bits per heavy atom. The van der Waals surface area contributed by atoms with E-state index in [1.165, 1.54) is 281 Å². The predicted molar refractivity (Wildman–Crippen MR) is 337 cm³/mol. The second kappa shape index (κ2) is 40.8. The van der Waals surface area contributed by atoms with E-state index in [2.05, 4.69) is 129 Å². The minimum absolute atomic E-state index is 0.552. The van der Waals surface area contributed by atoms with Crippen molar-refractivity contribution in [1.82, 2.24) is 4.44 Å². The van der Waals surface area contributed by atoms with E-state index in [0.717, 1.165) is 0 Å². The zero-order valence-electron chi connectivity index (χ0n) is 48.9. The lowest BCUT2D eigenvalue weighted by Crippen LogP contribution is -2.38. The number of aryl methyl sites for hydroxylation is 4. The van der Waals surface area contributed by atoms with Crippen LogP contribution in [-0.4, -0.2) is 10.5 Å². The average Bonchev–Trinajstić information content (AvgIpc) is 3.72. The Balaban J connectivity index is 1.50. The van der Waals surface area contributed by atoms with Gasteiger partial charge in [-0.25, -0.2) is 4.44 Å². The minimum atomic E-state index is -0.821. The van der Waals surface area contributed by atoms with Gasteiger partial charge in [0.2, 0.25) is 0 Å². The van der Waals surface area contributed by atoms with Gasteiger partial charge in [0, 0.05) is 22.2 Å². The Morgan fingerprint density at radius 2 is 0.581 bits per heavy atom. The van der Waals surface area contributed by atoms with Gasteiger partial charge in [-0.2, -0.15) is 0 Å². The molecule has 0 saturated heterocycles. The first-order valence-corrected chi connectivity index (χ1v) is 35.0. The Kier molecular flexibility index (Phi) is 34.5. The Hall–Kier alpha value is -2.30. The number of hydrogen-bond acceptors (Lipinski definition) is 1. The standard InChI is InChI=1S/C71H113NP2/c1-5-9-13-17-21-25-29-35-43-63-53-57-68(58-54-63)73(69-59-55-64(56-60-69)44-36-30-26-22-18-14-10-6-2)72(67-49-39-33-34-40-50-67)74(70-51-41-47-65(61-70)45-37-31-27-23-19-15-11-7-3)71-52-42-48-66(62-71)46-38-32-28-24-20-16-12-8-4/h41-42,47-48,51-62,67H,5-40,43-46,49-50H2,1-4H3. The van der Waals surface area contributed by atoms with Crippen LogP contribution in [0, 0.1) is 0 Å². The second-order valence-electron chi connectivity index (χ2n) is 23.2. The molecular formula is C71H113NP2. The monoisotopic (exact) mass is 1040 g/mol. The number of nitrogens with zero attached hydrogens (tertiary/aromatic N) is 1. The predicted octanol–water partition coefficient (Wildman–Crippen LogP) is 21.8. The minimum Gasteiger partial charge on any atom is -0.242 e. The molecule has 0 unspecified atom stereocenters. The maximum Gasteiger partial charge on any atom is 0.0326 e. The first-order valence-electron chi connectivity index (χ1n) is 32.4. The summed E-state index contributed by atoms with van der Waals surface area (Å²) in [6.07, 6.45) is 57.0. The maximum absolute atomic E-state index is 3.24. The summed E-state index contributed by atoms with van der Waals surface area (Å²) in [5.74, 6) is 0. The van der Waals surface area contributed by atoms with Gasteiger partial charge in [0.1, 0.15) is 0 Å². The zero-order valence-corrected chi connectivity index (χ0v) is 50.6. The van der Waals surface area contributed by atoms with Crippen LogP contribution in [-0.2, 0) is 25.7 Å². The molecule has 0 radical (unpaired) electrons. The third-order valence-electron chi connectivity index (χ3n) is 16.5. The van der Waals surface area contributed by atoms with Crippen LogP contribution in [0.4, 0.5) is 0 Å². The SMILES string of the molecule is CCCCCCCCCCc1ccc(P(c2ccc(CCCCCCCCCC)cc2)N(C2CCCCCC2)P(c2cccc(CCCCCCCCCC)c2)c2cccc(CCCCCCCCCC)c2)cc1. The van der Waals surface area contributed by atoms with Gasteiger partial charge >= 0.3 is 0 Å². The lowest BCUT2D eigenvalue weighted by molar-refractivity contribution is 0.441. The fourth-order valence-electron chi connectivity index (χ4n) is 11.8. The van der Waals surface area contributed by atoms with E-state index in [0.29, 0.717) is 6.04 Å². The smallest absolute Gasteiger partial charge is 0.0326 e. The quantitative estimate of drug-likeness (QED) is 0.0243. The van der Waals surface area contributed by atoms with Crippen molar-refractivity contribution in [2.75, 3.05) is 0 Å². The summed E-state index contributed by atoms with van der Waals surface area (Å²) in [5, 5.41) is 6.26. The van der Waals surface area contributed by atoms with Crippen molar-refractivity contribution in [3.05, 3.63) is 119 Å². The van der Waals surface area contributed by atoms with Crippen molar-refractivity contribution in [3.63, 3.8) is 0 Å². The van der Waals surface area contributed by atoms with Gasteiger partial charge in [-0.1, -0.05) is 318 Å². The first kappa shape index (κ1) is 62.5. The van der Waals surface area contributed by atoms with Gasteiger partial charge in [-0.15, -0.1) is 0 Å². The van der Waals surface area contributed by atoms with Crippen molar-refractivity contribution >= 4 is 37.4 Å². The van der Waals surface area contributed by atoms with E-state index in [1.807, 2.05) is 0 Å². The van der Waals surface area contributed by atoms with Gasteiger partial charge in [-0.3, -0.25) is 0 Å². The highest BCUT2D eigenvalue weighted by atomic mass is 31.2. The number of unbranched alkanes of at least 4 members (excludes halogenated alkanes) is 28. The highest BCUT2D eigenvalue weighted by Gasteiger charge is 2.37. The molecule has 0 heterocycles. The highest BCUT2D eigenvalue weighted by Crippen LogP contribution is 2.58. The normalized spacial score (nSPS) is 13.4. The average molecular weight is 1040 g/mol. The topological polar surface area (TPSA) is 3.24 Å². The fraction of sp³-hybridized carbons (Fsp3) is 0.662. The van der Waals surface area contributed by atoms with Gasteiger partial charge in [-0.05, 0) is 120 Å². The van der Waals surface area contributed by atoms with Crippen molar-refractivity contribution in [2.24, 2.45) is 0 Å². The van der Waals surface area contributed by atoms with Crippen LogP contribution < -0.4 is 21.2 Å². The van der Waals surface area contributed by atoms with E-state index >= 15 is 0 Å². The molecule has 5 rings (SSSR count). The summed E-state index contributed by atoms with van der Waals surface area (Å²) in [4.78, 5) is 0. The molecule has 74 heavy (non-hydrogen) atoms. The van der Waals surface area contributed by atoms with Crippen LogP contribution in [0.15, 0.2) is 97.1 Å². The molecule has 3 heteroatoms. The Labute approximate surface area is 462 Å². The van der Waals surface area contributed by atoms with E-state index < -0.39 is 16.1 Å². The van der Waals surface area contributed by atoms with E-state index in [1.54, 1.807) is 32.3 Å². The fourth-order valence-corrected chi connectivity index (χ4v) is 18.3. The molecule has 1 fully saturated rings. The molecule has 4 aromatic rings. The van der Waals surface area contributed by atoms with Crippen LogP contribution in [0.1, 0.15) is 294 Å². The molecular weight excluding hydrogens is 929 g/mol. The molecule has 0 bridgehead atoms. The summed E-state index contributed by atoms with van der Waals surface area (Å²) in [6, 6.07) is 41.5. The lowest BCUT2D eigenvalue weighted by atomic mass is 10.0. The van der Waals surface area contributed by atoms with Crippen molar-refractivity contribution in [3.8, 4) is 0 Å². The Morgan fingerprint density at radius 3 is 0.905 bits per heavy atom. The van der Waals surface area contributed by atoms with Gasteiger partial charge in [0.05, 0.1) is 0 Å². The summed E-state index contributed by atoms with van der Waals surface area (Å²) in [5.41, 5.74) is 6.16. The number of hydrogen-bond donors (Lipinski definition) is 0. The van der Waals surface area contributed by atoms with E-state index in [4.69, 9.17) is 0 Å². The van der Waals surface area contributed by atoms with Crippen LogP contribution in [0.3, 0.4) is 0 Å². The Bertz CT molecular complexity index is 1800. The zero-order chi connectivity index (χ0) is 51.9. The molecule has 0 N–H and O–H groups in total. The molecule has 4 aromatic carbocycles. The first-order chi connectivity index (χ1) is 36.6. The third kappa shape index (κ3) is 25.0. The molecule has 0 amide bonds. The van der Waals surface area contributed by atoms with Gasteiger partial charge in [0.25, 0.3) is 0 Å². The molecule has 0 aromatic heterocycles. The third-order valence-corrected chi connectivity index (χ3v) is 22.2. The molecule has 1 nitrogen and oxygen atoms in total. The molecule has 0 spiro atoms. The largest absolute Gasteiger partial charge is 0.242 e. The molecule has 1 aliphatic carbocycles. The summed E-state index contributed by atoms with van der Waals surface area (Å²) < 4.78 is 3.24. The van der Waals surface area contributed by atoms with E-state index in [9.17, 15) is 0 Å². The summed E-state index contributed by atoms with van der Waals surface area (Å²) >= 11 is 0. The van der Waals surface area contributed by atoms with Crippen molar-refractivity contribution in [1.29, 1.82) is 0 Å². The van der Waals surface area contributed by atoms with E-state index in [-0.39, 0.29) is 0 Å². The van der Waals surface area contributed by atoms with Crippen LogP contribution in [0.2, 0.25) is 0 Å². The van der Waals surface area contributed by atoms with Gasteiger partial charge < -0.3 is 0 Å². The highest BCUT2D eigenvalue weighted by molar-refractivity contribution is 7.84. The van der Waals surface area contributed by atoms with Crippen LogP contribution >= 0.6 is 16.1 Å². The summed E-state index contributed by atoms with van der Waals surface area (Å²) in [7, 11) is -1.64. The van der Waals surface area contributed by atoms with Crippen LogP contribution in [0.5, 0.6) is 0 Å². The molecule has 0 aliphatic heterocycles. The lowest BCUT2D eigenvalue weighted by Gasteiger charge is -2.44. The summed E-state index contributed by atoms with van der Waals surface area (Å²) in [6.45, 7) is 9.31. The molecule has 1 aliphatic rings. The van der Waals surface area contributed by atoms with Gasteiger partial charge in [0.15, 0.2) is 0 Å². The maximum atomic E-state index is 3.24. The van der Waals surface area contributed by atoms with Crippen molar-refractivity contribution in [2.45, 2.75) is 303 Å². The van der Waals surface area contributed by atoms with Crippen LogP contribution in [0.25, 0.3) is 0 Å². The number of rotatable bonds is 43.